The second-order valence-corrected chi connectivity index (χ2v) is 5.21. The van der Waals surface area contributed by atoms with Crippen LogP contribution in [-0.2, 0) is 0 Å². The van der Waals surface area contributed by atoms with Gasteiger partial charge in [-0.25, -0.2) is 4.98 Å². The zero-order chi connectivity index (χ0) is 12.4. The first kappa shape index (κ1) is 12.0. The van der Waals surface area contributed by atoms with Gasteiger partial charge in [0.2, 0.25) is 0 Å². The Hall–Kier alpha value is -1.45. The molecular weight excluding hydrogens is 212 g/mol. The summed E-state index contributed by atoms with van der Waals surface area (Å²) in [4.78, 5) is 6.65. The molecule has 0 aliphatic carbocycles. The number of aromatic nitrogens is 1. The van der Waals surface area contributed by atoms with Crippen LogP contribution in [0.4, 0.5) is 17.3 Å². The molecule has 1 aromatic rings. The number of anilines is 3. The van der Waals surface area contributed by atoms with Crippen molar-refractivity contribution in [3.05, 3.63) is 12.1 Å². The average Bonchev–Trinajstić information content (AvgIpc) is 2.33. The van der Waals surface area contributed by atoms with Crippen molar-refractivity contribution in [1.29, 1.82) is 0 Å². The van der Waals surface area contributed by atoms with Gasteiger partial charge < -0.3 is 16.4 Å². The van der Waals surface area contributed by atoms with E-state index in [2.05, 4.69) is 23.7 Å². The van der Waals surface area contributed by atoms with Crippen molar-refractivity contribution in [1.82, 2.24) is 4.98 Å². The molecule has 1 aliphatic heterocycles. The molecule has 1 fully saturated rings. The summed E-state index contributed by atoms with van der Waals surface area (Å²) in [5, 5.41) is 0. The van der Waals surface area contributed by atoms with E-state index in [4.69, 9.17) is 11.5 Å². The fourth-order valence-corrected chi connectivity index (χ4v) is 2.45. The van der Waals surface area contributed by atoms with Gasteiger partial charge in [0.05, 0.1) is 5.69 Å². The zero-order valence-corrected chi connectivity index (χ0v) is 10.7. The SMILES string of the molecule is CC(C)C1CCN(c2ccc(N)c(N)n2)CC1. The lowest BCUT2D eigenvalue weighted by Crippen LogP contribution is -2.35. The molecule has 0 saturated carbocycles. The van der Waals surface area contributed by atoms with Crippen LogP contribution in [-0.4, -0.2) is 18.1 Å². The van der Waals surface area contributed by atoms with Gasteiger partial charge in [-0.3, -0.25) is 0 Å². The van der Waals surface area contributed by atoms with Gasteiger partial charge in [0, 0.05) is 13.1 Å². The molecule has 2 heterocycles. The minimum absolute atomic E-state index is 0.438. The number of nitrogens with zero attached hydrogens (tertiary/aromatic N) is 2. The van der Waals surface area contributed by atoms with E-state index in [9.17, 15) is 0 Å². The molecule has 0 aromatic carbocycles. The quantitative estimate of drug-likeness (QED) is 0.822. The molecule has 0 unspecified atom stereocenters. The Bertz CT molecular complexity index is 381. The van der Waals surface area contributed by atoms with Gasteiger partial charge in [-0.15, -0.1) is 0 Å². The second-order valence-electron chi connectivity index (χ2n) is 5.21. The van der Waals surface area contributed by atoms with Crippen LogP contribution in [0.15, 0.2) is 12.1 Å². The highest BCUT2D eigenvalue weighted by Gasteiger charge is 2.22. The highest BCUT2D eigenvalue weighted by atomic mass is 15.2. The summed E-state index contributed by atoms with van der Waals surface area (Å²) in [7, 11) is 0. The van der Waals surface area contributed by atoms with Gasteiger partial charge in [-0.1, -0.05) is 13.8 Å². The molecule has 1 aromatic heterocycles. The van der Waals surface area contributed by atoms with Crippen LogP contribution < -0.4 is 16.4 Å². The molecule has 0 atom stereocenters. The molecule has 1 saturated heterocycles. The Morgan fingerprint density at radius 1 is 1.24 bits per heavy atom. The molecule has 17 heavy (non-hydrogen) atoms. The average molecular weight is 234 g/mol. The smallest absolute Gasteiger partial charge is 0.149 e. The van der Waals surface area contributed by atoms with E-state index in [0.717, 1.165) is 30.7 Å². The highest BCUT2D eigenvalue weighted by Crippen LogP contribution is 2.27. The molecule has 0 amide bonds. The number of piperidine rings is 1. The molecule has 0 spiro atoms. The standard InChI is InChI=1S/C13H22N4/c1-9(2)10-5-7-17(8-6-10)12-4-3-11(14)13(15)16-12/h3-4,9-10H,5-8,14H2,1-2H3,(H2,15,16). The molecule has 94 valence electrons. The summed E-state index contributed by atoms with van der Waals surface area (Å²) in [6.45, 7) is 6.75. The fraction of sp³-hybridized carbons (Fsp3) is 0.615. The van der Waals surface area contributed by atoms with Crippen molar-refractivity contribution in [2.45, 2.75) is 26.7 Å². The van der Waals surface area contributed by atoms with Crippen molar-refractivity contribution in [2.75, 3.05) is 29.5 Å². The van der Waals surface area contributed by atoms with Crippen LogP contribution in [0.1, 0.15) is 26.7 Å². The van der Waals surface area contributed by atoms with E-state index in [1.807, 2.05) is 12.1 Å². The molecule has 2 rings (SSSR count). The Labute approximate surface area is 103 Å². The summed E-state index contributed by atoms with van der Waals surface area (Å²) < 4.78 is 0. The number of nitrogen functional groups attached to an aromatic ring is 2. The maximum atomic E-state index is 5.74. The molecule has 1 aliphatic rings. The van der Waals surface area contributed by atoms with Crippen LogP contribution >= 0.6 is 0 Å². The van der Waals surface area contributed by atoms with E-state index in [1.165, 1.54) is 12.8 Å². The largest absolute Gasteiger partial charge is 0.396 e. The third-order valence-electron chi connectivity index (χ3n) is 3.75. The second kappa shape index (κ2) is 4.82. The lowest BCUT2D eigenvalue weighted by atomic mass is 9.87. The first-order valence-corrected chi connectivity index (χ1v) is 6.35. The number of nitrogens with two attached hydrogens (primary N) is 2. The molecule has 4 heteroatoms. The summed E-state index contributed by atoms with van der Waals surface area (Å²) in [5.41, 5.74) is 12.0. The molecule has 0 radical (unpaired) electrons. The topological polar surface area (TPSA) is 68.2 Å². The first-order chi connectivity index (χ1) is 8.08. The van der Waals surface area contributed by atoms with Crippen molar-refractivity contribution < 1.29 is 0 Å². The number of hydrogen-bond donors (Lipinski definition) is 2. The number of hydrogen-bond acceptors (Lipinski definition) is 4. The van der Waals surface area contributed by atoms with E-state index in [0.29, 0.717) is 11.5 Å². The van der Waals surface area contributed by atoms with Crippen molar-refractivity contribution in [3.8, 4) is 0 Å². The molecular formula is C13H22N4. The zero-order valence-electron chi connectivity index (χ0n) is 10.7. The molecule has 4 nitrogen and oxygen atoms in total. The first-order valence-electron chi connectivity index (χ1n) is 6.35. The van der Waals surface area contributed by atoms with E-state index < -0.39 is 0 Å². The van der Waals surface area contributed by atoms with Crippen LogP contribution in [0.25, 0.3) is 0 Å². The maximum absolute atomic E-state index is 5.74. The van der Waals surface area contributed by atoms with E-state index >= 15 is 0 Å². The molecule has 0 bridgehead atoms. The van der Waals surface area contributed by atoms with Crippen molar-refractivity contribution >= 4 is 17.3 Å². The van der Waals surface area contributed by atoms with E-state index in [-0.39, 0.29) is 0 Å². The minimum Gasteiger partial charge on any atom is -0.396 e. The fourth-order valence-electron chi connectivity index (χ4n) is 2.45. The molecule has 4 N–H and O–H groups in total. The lowest BCUT2D eigenvalue weighted by molar-refractivity contribution is 0.311. The van der Waals surface area contributed by atoms with Gasteiger partial charge >= 0.3 is 0 Å². The Morgan fingerprint density at radius 2 is 1.88 bits per heavy atom. The van der Waals surface area contributed by atoms with Gasteiger partial charge in [0.25, 0.3) is 0 Å². The maximum Gasteiger partial charge on any atom is 0.149 e. The summed E-state index contributed by atoms with van der Waals surface area (Å²) in [5.74, 6) is 3.02. The Kier molecular flexibility index (Phi) is 3.41. The third kappa shape index (κ3) is 2.62. The lowest BCUT2D eigenvalue weighted by Gasteiger charge is -2.34. The van der Waals surface area contributed by atoms with Gasteiger partial charge in [0.1, 0.15) is 11.6 Å². The predicted octanol–water partition coefficient (Wildman–Crippen LogP) is 2.12. The van der Waals surface area contributed by atoms with Gasteiger partial charge in [-0.05, 0) is 36.8 Å². The summed E-state index contributed by atoms with van der Waals surface area (Å²) >= 11 is 0. The summed E-state index contributed by atoms with van der Waals surface area (Å²) in [6.07, 6.45) is 2.48. The normalized spacial score (nSPS) is 17.7. The Balaban J connectivity index is 2.03. The highest BCUT2D eigenvalue weighted by molar-refractivity contribution is 5.62. The van der Waals surface area contributed by atoms with Gasteiger partial charge in [0.15, 0.2) is 0 Å². The van der Waals surface area contributed by atoms with Crippen LogP contribution in [0.2, 0.25) is 0 Å². The predicted molar refractivity (Wildman–Crippen MR) is 72.8 cm³/mol. The number of pyridine rings is 1. The van der Waals surface area contributed by atoms with Gasteiger partial charge in [-0.2, -0.15) is 0 Å². The van der Waals surface area contributed by atoms with Crippen LogP contribution in [0.5, 0.6) is 0 Å². The Morgan fingerprint density at radius 3 is 2.41 bits per heavy atom. The van der Waals surface area contributed by atoms with E-state index in [1.54, 1.807) is 0 Å². The monoisotopic (exact) mass is 234 g/mol. The van der Waals surface area contributed by atoms with Crippen molar-refractivity contribution in [2.24, 2.45) is 11.8 Å². The van der Waals surface area contributed by atoms with Crippen LogP contribution in [0, 0.1) is 11.8 Å². The summed E-state index contributed by atoms with van der Waals surface area (Å²) in [6, 6.07) is 3.80. The number of rotatable bonds is 2. The van der Waals surface area contributed by atoms with Crippen molar-refractivity contribution in [3.63, 3.8) is 0 Å². The minimum atomic E-state index is 0.438. The third-order valence-corrected chi connectivity index (χ3v) is 3.75. The van der Waals surface area contributed by atoms with Crippen LogP contribution in [0.3, 0.4) is 0 Å².